The van der Waals surface area contributed by atoms with E-state index in [1.54, 1.807) is 0 Å². The molecule has 0 aliphatic heterocycles. The predicted octanol–water partition coefficient (Wildman–Crippen LogP) is 2.30. The number of alkyl halides is 1. The zero-order valence-corrected chi connectivity index (χ0v) is 9.37. The molecule has 0 saturated heterocycles. The Bertz CT molecular complexity index is 258. The minimum atomic E-state index is -0.524. The van der Waals surface area contributed by atoms with Crippen molar-refractivity contribution in [2.24, 2.45) is 11.3 Å². The lowest BCUT2D eigenvalue weighted by atomic mass is 9.75. The smallest absolute Gasteiger partial charge is 0.317 e. The third-order valence-electron chi connectivity index (χ3n) is 2.50. The van der Waals surface area contributed by atoms with Crippen molar-refractivity contribution in [3.63, 3.8) is 0 Å². The van der Waals surface area contributed by atoms with Crippen molar-refractivity contribution in [2.75, 3.05) is 12.4 Å². The molecule has 1 aliphatic carbocycles. The molecular weight excluding hydrogens is 232 g/mol. The second-order valence-corrected chi connectivity index (χ2v) is 3.76. The van der Waals surface area contributed by atoms with Crippen molar-refractivity contribution in [1.82, 2.24) is 0 Å². The topological polar surface area (TPSA) is 26.3 Å². The summed E-state index contributed by atoms with van der Waals surface area (Å²) >= 11 is 3.36. The summed E-state index contributed by atoms with van der Waals surface area (Å²) in [6.45, 7) is 2.01. The van der Waals surface area contributed by atoms with E-state index in [-0.39, 0.29) is 11.9 Å². The molecule has 72 valence electrons. The lowest BCUT2D eigenvalue weighted by Gasteiger charge is -2.31. The summed E-state index contributed by atoms with van der Waals surface area (Å²) in [5.74, 6) is -0.0122. The van der Waals surface area contributed by atoms with E-state index in [9.17, 15) is 4.79 Å². The molecule has 2 unspecified atom stereocenters. The average Bonchev–Trinajstić information content (AvgIpc) is 2.18. The van der Waals surface area contributed by atoms with Gasteiger partial charge in [0.15, 0.2) is 0 Å². The van der Waals surface area contributed by atoms with Crippen molar-refractivity contribution < 1.29 is 9.53 Å². The molecule has 0 saturated carbocycles. The maximum atomic E-state index is 11.6. The number of hydrogen-bond acceptors (Lipinski definition) is 2. The van der Waals surface area contributed by atoms with E-state index in [0.29, 0.717) is 5.33 Å². The maximum Gasteiger partial charge on any atom is 0.317 e. The molecule has 0 spiro atoms. The molecule has 0 aromatic rings. The van der Waals surface area contributed by atoms with Crippen molar-refractivity contribution in [2.45, 2.75) is 6.92 Å². The molecule has 0 fully saturated rings. The summed E-state index contributed by atoms with van der Waals surface area (Å²) in [5.41, 5.74) is -0.524. The molecule has 0 N–H and O–H groups in total. The Kier molecular flexibility index (Phi) is 3.31. The van der Waals surface area contributed by atoms with Crippen LogP contribution in [0.4, 0.5) is 0 Å². The molecule has 1 rings (SSSR count). The van der Waals surface area contributed by atoms with Gasteiger partial charge in [0.1, 0.15) is 5.41 Å². The summed E-state index contributed by atoms with van der Waals surface area (Å²) in [6.07, 6.45) is 7.75. The fraction of sp³-hybridized carbons (Fsp3) is 0.500. The van der Waals surface area contributed by atoms with Gasteiger partial charge in [-0.2, -0.15) is 0 Å². The number of carbonyl (C=O) groups excluding carboxylic acids is 1. The Morgan fingerprint density at radius 1 is 1.62 bits per heavy atom. The lowest BCUT2D eigenvalue weighted by Crippen LogP contribution is -2.38. The number of carbonyl (C=O) groups is 1. The highest BCUT2D eigenvalue weighted by molar-refractivity contribution is 9.09. The Morgan fingerprint density at radius 3 is 2.77 bits per heavy atom. The van der Waals surface area contributed by atoms with Crippen molar-refractivity contribution in [1.29, 1.82) is 0 Å². The first-order chi connectivity index (χ1) is 6.17. The first kappa shape index (κ1) is 10.5. The summed E-state index contributed by atoms with van der Waals surface area (Å²) in [6, 6.07) is 0. The van der Waals surface area contributed by atoms with E-state index in [0.717, 1.165) is 0 Å². The van der Waals surface area contributed by atoms with E-state index in [1.807, 2.05) is 31.2 Å². The normalized spacial score (nSPS) is 31.8. The van der Waals surface area contributed by atoms with Gasteiger partial charge in [-0.05, 0) is 5.92 Å². The van der Waals surface area contributed by atoms with Gasteiger partial charge in [0.2, 0.25) is 0 Å². The molecule has 0 aromatic carbocycles. The van der Waals surface area contributed by atoms with Crippen molar-refractivity contribution in [3.05, 3.63) is 24.3 Å². The molecule has 0 aromatic heterocycles. The van der Waals surface area contributed by atoms with E-state index in [2.05, 4.69) is 15.9 Å². The van der Waals surface area contributed by atoms with Gasteiger partial charge in [0.25, 0.3) is 0 Å². The van der Waals surface area contributed by atoms with Crippen LogP contribution in [0, 0.1) is 11.3 Å². The quantitative estimate of drug-likeness (QED) is 0.551. The number of hydrogen-bond donors (Lipinski definition) is 0. The second-order valence-electron chi connectivity index (χ2n) is 3.20. The van der Waals surface area contributed by atoms with E-state index in [4.69, 9.17) is 4.74 Å². The predicted molar refractivity (Wildman–Crippen MR) is 55.7 cm³/mol. The van der Waals surface area contributed by atoms with Crippen LogP contribution in [0.2, 0.25) is 0 Å². The number of esters is 1. The average molecular weight is 245 g/mol. The zero-order valence-electron chi connectivity index (χ0n) is 7.79. The SMILES string of the molecule is COC(=O)C1(CBr)C=CC=CC1C. The number of methoxy groups -OCH3 is 1. The van der Waals surface area contributed by atoms with E-state index in [1.165, 1.54) is 7.11 Å². The monoisotopic (exact) mass is 244 g/mol. The summed E-state index contributed by atoms with van der Waals surface area (Å²) in [5, 5.41) is 0.592. The lowest BCUT2D eigenvalue weighted by molar-refractivity contribution is -0.150. The van der Waals surface area contributed by atoms with Crippen LogP contribution in [-0.4, -0.2) is 18.4 Å². The first-order valence-corrected chi connectivity index (χ1v) is 5.30. The minimum absolute atomic E-state index is 0.171. The third kappa shape index (κ3) is 1.70. The van der Waals surface area contributed by atoms with Gasteiger partial charge in [-0.15, -0.1) is 0 Å². The molecular formula is C10H13BrO2. The molecule has 0 bridgehead atoms. The van der Waals surface area contributed by atoms with Gasteiger partial charge < -0.3 is 4.74 Å². The number of halogens is 1. The van der Waals surface area contributed by atoms with Crippen LogP contribution in [0.5, 0.6) is 0 Å². The second kappa shape index (κ2) is 4.09. The van der Waals surface area contributed by atoms with Gasteiger partial charge in [-0.3, -0.25) is 4.79 Å². The number of allylic oxidation sites excluding steroid dienone is 3. The van der Waals surface area contributed by atoms with Crippen LogP contribution in [0.3, 0.4) is 0 Å². The van der Waals surface area contributed by atoms with Crippen LogP contribution in [0.25, 0.3) is 0 Å². The standard InChI is InChI=1S/C10H13BrO2/c1-8-5-3-4-6-10(8,7-11)9(12)13-2/h3-6,8H,7H2,1-2H3. The maximum absolute atomic E-state index is 11.6. The minimum Gasteiger partial charge on any atom is -0.468 e. The summed E-state index contributed by atoms with van der Waals surface area (Å²) in [7, 11) is 1.42. The van der Waals surface area contributed by atoms with Gasteiger partial charge >= 0.3 is 5.97 Å². The molecule has 0 amide bonds. The molecule has 13 heavy (non-hydrogen) atoms. The molecule has 1 aliphatic rings. The highest BCUT2D eigenvalue weighted by Crippen LogP contribution is 2.36. The third-order valence-corrected chi connectivity index (χ3v) is 3.43. The highest BCUT2D eigenvalue weighted by atomic mass is 79.9. The Labute approximate surface area is 86.8 Å². The van der Waals surface area contributed by atoms with Crippen LogP contribution in [-0.2, 0) is 9.53 Å². The molecule has 3 heteroatoms. The highest BCUT2D eigenvalue weighted by Gasteiger charge is 2.41. The van der Waals surface area contributed by atoms with Crippen LogP contribution < -0.4 is 0 Å². The van der Waals surface area contributed by atoms with E-state index >= 15 is 0 Å². The van der Waals surface area contributed by atoms with Crippen molar-refractivity contribution >= 4 is 21.9 Å². The number of ether oxygens (including phenoxy) is 1. The Balaban J connectivity index is 2.98. The van der Waals surface area contributed by atoms with Crippen LogP contribution in [0.1, 0.15) is 6.92 Å². The summed E-state index contributed by atoms with van der Waals surface area (Å²) in [4.78, 5) is 11.6. The van der Waals surface area contributed by atoms with Gasteiger partial charge in [-0.25, -0.2) is 0 Å². The first-order valence-electron chi connectivity index (χ1n) is 4.18. The van der Waals surface area contributed by atoms with Gasteiger partial charge in [0.05, 0.1) is 7.11 Å². The van der Waals surface area contributed by atoms with Gasteiger partial charge in [0, 0.05) is 5.33 Å². The summed E-state index contributed by atoms with van der Waals surface area (Å²) < 4.78 is 4.80. The van der Waals surface area contributed by atoms with Crippen LogP contribution in [0.15, 0.2) is 24.3 Å². The fourth-order valence-electron chi connectivity index (χ4n) is 1.45. The zero-order chi connectivity index (χ0) is 9.90. The molecule has 2 atom stereocenters. The van der Waals surface area contributed by atoms with E-state index < -0.39 is 5.41 Å². The number of rotatable bonds is 2. The molecule has 2 nitrogen and oxygen atoms in total. The molecule has 0 heterocycles. The fourth-order valence-corrected chi connectivity index (χ4v) is 2.37. The van der Waals surface area contributed by atoms with Gasteiger partial charge in [-0.1, -0.05) is 47.2 Å². The largest absolute Gasteiger partial charge is 0.468 e. The Morgan fingerprint density at radius 2 is 2.31 bits per heavy atom. The molecule has 0 radical (unpaired) electrons. The van der Waals surface area contributed by atoms with Crippen LogP contribution >= 0.6 is 15.9 Å². The Hall–Kier alpha value is -0.570. The van der Waals surface area contributed by atoms with Crippen molar-refractivity contribution in [3.8, 4) is 0 Å².